The smallest absolute Gasteiger partial charge is 0.239 e. The predicted molar refractivity (Wildman–Crippen MR) is 79.2 cm³/mol. The SMILES string of the molecule is N#Cc1c(F)cccc1NCC(=O)NC1CCCCCC1. The number of hydrogen-bond donors (Lipinski definition) is 2. The molecule has 1 aliphatic rings. The fraction of sp³-hybridized carbons (Fsp3) is 0.500. The van der Waals surface area contributed by atoms with E-state index in [1.165, 1.54) is 25.0 Å². The zero-order valence-corrected chi connectivity index (χ0v) is 12.0. The summed E-state index contributed by atoms with van der Waals surface area (Å²) in [6, 6.07) is 6.39. The molecule has 1 amide bonds. The van der Waals surface area contributed by atoms with Crippen molar-refractivity contribution in [3.8, 4) is 6.07 Å². The van der Waals surface area contributed by atoms with Crippen LogP contribution in [0.2, 0.25) is 0 Å². The van der Waals surface area contributed by atoms with E-state index in [1.54, 1.807) is 6.07 Å². The molecule has 2 rings (SSSR count). The average molecular weight is 289 g/mol. The third-order valence-electron chi connectivity index (χ3n) is 3.79. The van der Waals surface area contributed by atoms with Gasteiger partial charge < -0.3 is 10.6 Å². The standard InChI is InChI=1S/C16H20FN3O/c17-14-8-5-9-15(13(14)10-18)19-11-16(21)20-12-6-3-1-2-4-7-12/h5,8-9,12,19H,1-4,6-7,11H2,(H,20,21). The molecular formula is C16H20FN3O. The van der Waals surface area contributed by atoms with E-state index in [2.05, 4.69) is 10.6 Å². The van der Waals surface area contributed by atoms with Gasteiger partial charge in [-0.15, -0.1) is 0 Å². The number of carbonyl (C=O) groups excluding carboxylic acids is 1. The molecule has 0 atom stereocenters. The molecule has 5 heteroatoms. The first-order valence-electron chi connectivity index (χ1n) is 7.42. The van der Waals surface area contributed by atoms with Gasteiger partial charge in [-0.2, -0.15) is 5.26 Å². The molecular weight excluding hydrogens is 269 g/mol. The minimum absolute atomic E-state index is 0.0502. The Morgan fingerprint density at radius 3 is 2.67 bits per heavy atom. The van der Waals surface area contributed by atoms with Crippen molar-refractivity contribution in [3.63, 3.8) is 0 Å². The van der Waals surface area contributed by atoms with Crippen molar-refractivity contribution in [2.24, 2.45) is 0 Å². The number of amides is 1. The van der Waals surface area contributed by atoms with Crippen molar-refractivity contribution in [1.29, 1.82) is 5.26 Å². The van der Waals surface area contributed by atoms with Crippen molar-refractivity contribution < 1.29 is 9.18 Å². The lowest BCUT2D eigenvalue weighted by atomic mass is 10.1. The number of nitrogens with zero attached hydrogens (tertiary/aromatic N) is 1. The third-order valence-corrected chi connectivity index (χ3v) is 3.79. The van der Waals surface area contributed by atoms with E-state index in [9.17, 15) is 9.18 Å². The second-order valence-corrected chi connectivity index (χ2v) is 5.38. The number of halogens is 1. The van der Waals surface area contributed by atoms with Crippen molar-refractivity contribution >= 4 is 11.6 Å². The van der Waals surface area contributed by atoms with Gasteiger partial charge in [0.25, 0.3) is 0 Å². The zero-order chi connectivity index (χ0) is 15.1. The van der Waals surface area contributed by atoms with Crippen LogP contribution in [0.15, 0.2) is 18.2 Å². The number of rotatable bonds is 4. The van der Waals surface area contributed by atoms with E-state index in [0.29, 0.717) is 5.69 Å². The summed E-state index contributed by atoms with van der Waals surface area (Å²) in [5, 5.41) is 14.8. The van der Waals surface area contributed by atoms with E-state index in [-0.39, 0.29) is 24.1 Å². The van der Waals surface area contributed by atoms with Crippen LogP contribution in [0, 0.1) is 17.1 Å². The normalized spacial score (nSPS) is 15.8. The number of benzene rings is 1. The van der Waals surface area contributed by atoms with Crippen LogP contribution in [0.4, 0.5) is 10.1 Å². The number of hydrogen-bond acceptors (Lipinski definition) is 3. The van der Waals surface area contributed by atoms with E-state index in [4.69, 9.17) is 5.26 Å². The highest BCUT2D eigenvalue weighted by atomic mass is 19.1. The van der Waals surface area contributed by atoms with Crippen LogP contribution in [0.5, 0.6) is 0 Å². The number of nitrogens with one attached hydrogen (secondary N) is 2. The predicted octanol–water partition coefficient (Wildman–Crippen LogP) is 2.95. The molecule has 0 aliphatic heterocycles. The van der Waals surface area contributed by atoms with Gasteiger partial charge in [-0.1, -0.05) is 31.7 Å². The molecule has 4 nitrogen and oxygen atoms in total. The molecule has 112 valence electrons. The minimum Gasteiger partial charge on any atom is -0.375 e. The molecule has 1 aromatic carbocycles. The van der Waals surface area contributed by atoms with Crippen LogP contribution < -0.4 is 10.6 Å². The first-order chi connectivity index (χ1) is 10.2. The Hall–Kier alpha value is -2.09. The second-order valence-electron chi connectivity index (χ2n) is 5.38. The van der Waals surface area contributed by atoms with Gasteiger partial charge >= 0.3 is 0 Å². The van der Waals surface area contributed by atoms with E-state index in [1.807, 2.05) is 6.07 Å². The topological polar surface area (TPSA) is 64.9 Å². The maximum atomic E-state index is 13.4. The molecule has 1 aliphatic carbocycles. The third kappa shape index (κ3) is 4.45. The number of nitriles is 1. The summed E-state index contributed by atoms with van der Waals surface area (Å²) in [4.78, 5) is 11.9. The molecule has 0 heterocycles. The summed E-state index contributed by atoms with van der Waals surface area (Å²) in [5.41, 5.74) is 0.299. The molecule has 0 aromatic heterocycles. The molecule has 21 heavy (non-hydrogen) atoms. The first kappa shape index (κ1) is 15.3. The van der Waals surface area contributed by atoms with Gasteiger partial charge in [0.2, 0.25) is 5.91 Å². The van der Waals surface area contributed by atoms with Gasteiger partial charge in [-0.25, -0.2) is 4.39 Å². The lowest BCUT2D eigenvalue weighted by molar-refractivity contribution is -0.120. The van der Waals surface area contributed by atoms with Crippen molar-refractivity contribution in [2.75, 3.05) is 11.9 Å². The van der Waals surface area contributed by atoms with Crippen LogP contribution in [0.3, 0.4) is 0 Å². The van der Waals surface area contributed by atoms with Crippen LogP contribution >= 0.6 is 0 Å². The Balaban J connectivity index is 1.86. The lowest BCUT2D eigenvalue weighted by Crippen LogP contribution is -2.38. The van der Waals surface area contributed by atoms with E-state index < -0.39 is 5.82 Å². The first-order valence-corrected chi connectivity index (χ1v) is 7.42. The average Bonchev–Trinajstić information content (AvgIpc) is 2.74. The fourth-order valence-electron chi connectivity index (χ4n) is 2.66. The Bertz CT molecular complexity index is 531. The van der Waals surface area contributed by atoms with Crippen LogP contribution in [0.25, 0.3) is 0 Å². The van der Waals surface area contributed by atoms with Crippen LogP contribution in [-0.2, 0) is 4.79 Å². The van der Waals surface area contributed by atoms with Crippen LogP contribution in [0.1, 0.15) is 44.1 Å². The fourth-order valence-corrected chi connectivity index (χ4v) is 2.66. The highest BCUT2D eigenvalue weighted by Crippen LogP contribution is 2.18. The maximum absolute atomic E-state index is 13.4. The largest absolute Gasteiger partial charge is 0.375 e. The van der Waals surface area contributed by atoms with Gasteiger partial charge in [0.05, 0.1) is 12.2 Å². The van der Waals surface area contributed by atoms with Gasteiger partial charge in [0.15, 0.2) is 0 Å². The molecule has 1 fully saturated rings. The summed E-state index contributed by atoms with van der Waals surface area (Å²) < 4.78 is 13.4. The summed E-state index contributed by atoms with van der Waals surface area (Å²) in [6.07, 6.45) is 6.82. The Morgan fingerprint density at radius 1 is 1.29 bits per heavy atom. The minimum atomic E-state index is -0.577. The Kier molecular flexibility index (Phi) is 5.56. The molecule has 1 saturated carbocycles. The highest BCUT2D eigenvalue weighted by Gasteiger charge is 2.15. The summed E-state index contributed by atoms with van der Waals surface area (Å²) in [5.74, 6) is -0.693. The Morgan fingerprint density at radius 2 is 2.00 bits per heavy atom. The molecule has 0 spiro atoms. The van der Waals surface area contributed by atoms with Gasteiger partial charge in [-0.3, -0.25) is 4.79 Å². The molecule has 0 unspecified atom stereocenters. The summed E-state index contributed by atoms with van der Waals surface area (Å²) in [6.45, 7) is 0.0502. The summed E-state index contributed by atoms with van der Waals surface area (Å²) in [7, 11) is 0. The van der Waals surface area contributed by atoms with E-state index >= 15 is 0 Å². The quantitative estimate of drug-likeness (QED) is 0.838. The van der Waals surface area contributed by atoms with Gasteiger partial charge in [0.1, 0.15) is 17.4 Å². The molecule has 1 aromatic rings. The van der Waals surface area contributed by atoms with Gasteiger partial charge in [-0.05, 0) is 25.0 Å². The highest BCUT2D eigenvalue weighted by molar-refractivity contribution is 5.81. The molecule has 2 N–H and O–H groups in total. The summed E-state index contributed by atoms with van der Waals surface area (Å²) >= 11 is 0. The monoisotopic (exact) mass is 289 g/mol. The maximum Gasteiger partial charge on any atom is 0.239 e. The van der Waals surface area contributed by atoms with Crippen molar-refractivity contribution in [1.82, 2.24) is 5.32 Å². The van der Waals surface area contributed by atoms with E-state index in [0.717, 1.165) is 25.7 Å². The number of anilines is 1. The molecule has 0 radical (unpaired) electrons. The van der Waals surface area contributed by atoms with Crippen LogP contribution in [-0.4, -0.2) is 18.5 Å². The second kappa shape index (κ2) is 7.63. The molecule has 0 saturated heterocycles. The lowest BCUT2D eigenvalue weighted by Gasteiger charge is -2.17. The van der Waals surface area contributed by atoms with Crippen molar-refractivity contribution in [3.05, 3.63) is 29.6 Å². The van der Waals surface area contributed by atoms with Crippen molar-refractivity contribution in [2.45, 2.75) is 44.6 Å². The zero-order valence-electron chi connectivity index (χ0n) is 12.0. The Labute approximate surface area is 124 Å². The van der Waals surface area contributed by atoms with Gasteiger partial charge in [0, 0.05) is 6.04 Å². The number of carbonyl (C=O) groups is 1. The molecule has 0 bridgehead atoms.